The quantitative estimate of drug-likeness (QED) is 0.0715. The van der Waals surface area contributed by atoms with Crippen LogP contribution in [0.25, 0.3) is 0 Å². The molecule has 0 amide bonds. The van der Waals surface area contributed by atoms with Crippen LogP contribution in [0, 0.1) is 17.8 Å². The molecule has 0 unspecified atom stereocenters. The van der Waals surface area contributed by atoms with Crippen molar-refractivity contribution < 1.29 is 39.5 Å². The number of hydrogen-bond donors (Lipinski definition) is 4. The van der Waals surface area contributed by atoms with Crippen LogP contribution in [0.3, 0.4) is 0 Å². The molecule has 0 saturated heterocycles. The molecule has 8 nitrogen and oxygen atoms in total. The van der Waals surface area contributed by atoms with Crippen LogP contribution in [0.15, 0.2) is 24.3 Å². The van der Waals surface area contributed by atoms with Crippen LogP contribution < -0.4 is 0 Å². The van der Waals surface area contributed by atoms with Crippen LogP contribution in [0.5, 0.6) is 0 Å². The van der Waals surface area contributed by atoms with Crippen LogP contribution in [-0.2, 0) is 19.1 Å². The molecule has 8 heteroatoms. The van der Waals surface area contributed by atoms with Crippen molar-refractivity contribution in [1.29, 1.82) is 0 Å². The van der Waals surface area contributed by atoms with Crippen molar-refractivity contribution in [3.63, 3.8) is 0 Å². The van der Waals surface area contributed by atoms with Gasteiger partial charge in [-0.15, -0.1) is 0 Å². The van der Waals surface area contributed by atoms with Crippen molar-refractivity contribution in [2.45, 2.75) is 141 Å². The highest BCUT2D eigenvalue weighted by atomic mass is 16.6. The third-order valence-corrected chi connectivity index (χ3v) is 7.78. The summed E-state index contributed by atoms with van der Waals surface area (Å²) < 4.78 is 10.4. The summed E-state index contributed by atoms with van der Waals surface area (Å²) in [5.74, 6) is -0.643. The minimum atomic E-state index is -0.911. The summed E-state index contributed by atoms with van der Waals surface area (Å²) in [4.78, 5) is 24.2. The smallest absolute Gasteiger partial charge is 0.310 e. The van der Waals surface area contributed by atoms with E-state index in [4.69, 9.17) is 9.47 Å². The number of unbranched alkanes of at least 4 members (excludes halogenated alkanes) is 7. The number of carbonyl (C=O) groups is 2. The minimum absolute atomic E-state index is 0.0242. The SMILES string of the molecule is CCCCC[C@@H](O)/C=C/[C@@H]1[C@H](C/C=C\CC(=O)O[C@@H](CO)COC(=O)CCCCCCCCC(C)C)[C@@H](O)C[C@H]1O. The summed E-state index contributed by atoms with van der Waals surface area (Å²) >= 11 is 0. The summed E-state index contributed by atoms with van der Waals surface area (Å²) in [6.07, 6.45) is 16.7. The lowest BCUT2D eigenvalue weighted by Gasteiger charge is -2.19. The third-order valence-electron chi connectivity index (χ3n) is 7.78. The van der Waals surface area contributed by atoms with Crippen molar-refractivity contribution >= 4 is 11.9 Å². The maximum Gasteiger partial charge on any atom is 0.310 e. The molecule has 6 atom stereocenters. The second-order valence-electron chi connectivity index (χ2n) is 12.0. The predicted molar refractivity (Wildman–Crippen MR) is 161 cm³/mol. The van der Waals surface area contributed by atoms with Crippen LogP contribution in [0.4, 0.5) is 0 Å². The highest BCUT2D eigenvalue weighted by molar-refractivity contribution is 5.71. The van der Waals surface area contributed by atoms with E-state index in [1.807, 2.05) is 6.08 Å². The number of aliphatic hydroxyl groups excluding tert-OH is 4. The first-order valence-electron chi connectivity index (χ1n) is 16.0. The molecular weight excluding hydrogens is 524 g/mol. The molecule has 0 bridgehead atoms. The Bertz CT molecular complexity index is 750. The average Bonchev–Trinajstić information content (AvgIpc) is 3.20. The minimum Gasteiger partial charge on any atom is -0.462 e. The zero-order valence-corrected chi connectivity index (χ0v) is 25.8. The lowest BCUT2D eigenvalue weighted by atomic mass is 9.89. The van der Waals surface area contributed by atoms with E-state index < -0.39 is 37.0 Å². The van der Waals surface area contributed by atoms with E-state index in [1.165, 1.54) is 25.7 Å². The standard InChI is InChI=1S/C33H58O8/c1-4-5-10-16-26(35)20-21-29-28(30(36)22-31(29)37)17-13-14-19-33(39)41-27(23-34)24-40-32(38)18-12-9-7-6-8-11-15-25(2)3/h13-14,20-21,25-31,34-37H,4-12,15-19,22-24H2,1-3H3/b14-13-,21-20+/t26-,27+,28+,29-,30+,31-/m1/s1. The van der Waals surface area contributed by atoms with Gasteiger partial charge in [-0.1, -0.05) is 103 Å². The fraction of sp³-hybridized carbons (Fsp3) is 0.818. The molecule has 0 spiro atoms. The predicted octanol–water partition coefficient (Wildman–Crippen LogP) is 5.40. The maximum atomic E-state index is 12.2. The zero-order valence-electron chi connectivity index (χ0n) is 25.8. The summed E-state index contributed by atoms with van der Waals surface area (Å²) in [6, 6.07) is 0. The van der Waals surface area contributed by atoms with E-state index in [0.29, 0.717) is 19.3 Å². The Hall–Kier alpha value is -1.74. The van der Waals surface area contributed by atoms with Crippen LogP contribution in [0.2, 0.25) is 0 Å². The van der Waals surface area contributed by atoms with Crippen molar-refractivity contribution in [2.75, 3.05) is 13.2 Å². The Morgan fingerprint density at radius 3 is 2.27 bits per heavy atom. The monoisotopic (exact) mass is 582 g/mol. The van der Waals surface area contributed by atoms with Gasteiger partial charge < -0.3 is 29.9 Å². The van der Waals surface area contributed by atoms with Crippen LogP contribution in [-0.4, -0.2) is 70.0 Å². The molecule has 0 aromatic rings. The topological polar surface area (TPSA) is 134 Å². The Kier molecular flexibility index (Phi) is 20.7. The first kappa shape index (κ1) is 37.3. The van der Waals surface area contributed by atoms with E-state index in [2.05, 4.69) is 20.8 Å². The molecule has 1 saturated carbocycles. The van der Waals surface area contributed by atoms with Gasteiger partial charge in [-0.25, -0.2) is 0 Å². The number of hydrogen-bond acceptors (Lipinski definition) is 8. The van der Waals surface area contributed by atoms with Crippen molar-refractivity contribution in [1.82, 2.24) is 0 Å². The molecule has 41 heavy (non-hydrogen) atoms. The number of aliphatic hydroxyl groups is 4. The number of allylic oxidation sites excluding steroid dienone is 1. The van der Waals surface area contributed by atoms with E-state index in [-0.39, 0.29) is 37.3 Å². The fourth-order valence-corrected chi connectivity index (χ4v) is 5.24. The van der Waals surface area contributed by atoms with Crippen LogP contribution >= 0.6 is 0 Å². The Balaban J connectivity index is 2.31. The highest BCUT2D eigenvalue weighted by Gasteiger charge is 2.39. The zero-order chi connectivity index (χ0) is 30.5. The van der Waals surface area contributed by atoms with Gasteiger partial charge in [0.2, 0.25) is 0 Å². The first-order valence-corrected chi connectivity index (χ1v) is 16.0. The van der Waals surface area contributed by atoms with Crippen molar-refractivity contribution in [2.24, 2.45) is 17.8 Å². The van der Waals surface area contributed by atoms with Gasteiger partial charge in [0.25, 0.3) is 0 Å². The number of esters is 2. The van der Waals surface area contributed by atoms with E-state index in [0.717, 1.165) is 44.4 Å². The van der Waals surface area contributed by atoms with Crippen LogP contribution in [0.1, 0.15) is 117 Å². The Morgan fingerprint density at radius 1 is 0.902 bits per heavy atom. The van der Waals surface area contributed by atoms with Gasteiger partial charge in [0.1, 0.15) is 6.61 Å². The molecule has 238 valence electrons. The Labute approximate surface area is 248 Å². The Morgan fingerprint density at radius 2 is 1.59 bits per heavy atom. The van der Waals surface area contributed by atoms with Crippen molar-refractivity contribution in [3.05, 3.63) is 24.3 Å². The van der Waals surface area contributed by atoms with E-state index in [1.54, 1.807) is 18.2 Å². The molecule has 4 N–H and O–H groups in total. The molecule has 0 aliphatic heterocycles. The van der Waals surface area contributed by atoms with Gasteiger partial charge in [0.15, 0.2) is 6.10 Å². The van der Waals surface area contributed by atoms with E-state index in [9.17, 15) is 30.0 Å². The summed E-state index contributed by atoms with van der Waals surface area (Å²) in [7, 11) is 0. The molecule has 0 aromatic heterocycles. The summed E-state index contributed by atoms with van der Waals surface area (Å²) in [6.45, 7) is 5.97. The summed E-state index contributed by atoms with van der Waals surface area (Å²) in [5, 5.41) is 40.5. The lowest BCUT2D eigenvalue weighted by molar-refractivity contribution is -0.160. The maximum absolute atomic E-state index is 12.2. The van der Waals surface area contributed by atoms with Gasteiger partial charge in [-0.05, 0) is 31.1 Å². The van der Waals surface area contributed by atoms with Gasteiger partial charge in [-0.2, -0.15) is 0 Å². The number of ether oxygens (including phenoxy) is 2. The van der Waals surface area contributed by atoms with Gasteiger partial charge in [0, 0.05) is 18.8 Å². The second-order valence-corrected chi connectivity index (χ2v) is 12.0. The average molecular weight is 583 g/mol. The molecule has 1 aliphatic rings. The highest BCUT2D eigenvalue weighted by Crippen LogP contribution is 2.36. The molecule has 0 radical (unpaired) electrons. The number of carbonyl (C=O) groups excluding carboxylic acids is 2. The molecular formula is C33H58O8. The van der Waals surface area contributed by atoms with Gasteiger partial charge in [0.05, 0.1) is 31.3 Å². The fourth-order valence-electron chi connectivity index (χ4n) is 5.24. The second kappa shape index (κ2) is 22.8. The largest absolute Gasteiger partial charge is 0.462 e. The molecule has 0 aromatic carbocycles. The molecule has 0 heterocycles. The summed E-state index contributed by atoms with van der Waals surface area (Å²) in [5.41, 5.74) is 0. The first-order chi connectivity index (χ1) is 19.7. The number of rotatable bonds is 23. The molecule has 1 fully saturated rings. The normalized spacial score (nSPS) is 22.5. The lowest BCUT2D eigenvalue weighted by Crippen LogP contribution is -2.28. The third kappa shape index (κ3) is 17.7. The van der Waals surface area contributed by atoms with Gasteiger partial charge in [-0.3, -0.25) is 9.59 Å². The van der Waals surface area contributed by atoms with E-state index >= 15 is 0 Å². The molecule has 1 rings (SSSR count). The van der Waals surface area contributed by atoms with Crippen molar-refractivity contribution in [3.8, 4) is 0 Å². The van der Waals surface area contributed by atoms with Gasteiger partial charge >= 0.3 is 11.9 Å². The molecule has 1 aliphatic carbocycles.